The van der Waals surface area contributed by atoms with Crippen molar-refractivity contribution in [2.45, 2.75) is 18.9 Å². The van der Waals surface area contributed by atoms with Crippen molar-refractivity contribution in [3.8, 4) is 0 Å². The summed E-state index contributed by atoms with van der Waals surface area (Å²) < 4.78 is 84.5. The van der Waals surface area contributed by atoms with E-state index in [9.17, 15) is 31.1 Å². The Morgan fingerprint density at radius 1 is 1.07 bits per heavy atom. The number of alkyl halides is 6. The van der Waals surface area contributed by atoms with Crippen molar-refractivity contribution in [1.29, 1.82) is 0 Å². The minimum atomic E-state index is -5.01. The zero-order chi connectivity index (χ0) is 21.6. The van der Waals surface area contributed by atoms with E-state index in [0.717, 1.165) is 13.2 Å². The van der Waals surface area contributed by atoms with E-state index < -0.39 is 41.6 Å². The number of imidazole rings is 1. The molecule has 0 amide bonds. The highest BCUT2D eigenvalue weighted by Crippen LogP contribution is 2.38. The fourth-order valence-corrected chi connectivity index (χ4v) is 2.88. The Bertz CT molecular complexity index is 1090. The molecule has 11 heteroatoms. The van der Waals surface area contributed by atoms with E-state index in [4.69, 9.17) is 5.73 Å². The fourth-order valence-electron chi connectivity index (χ4n) is 2.88. The van der Waals surface area contributed by atoms with Crippen LogP contribution in [0.1, 0.15) is 27.0 Å². The topological polar surface area (TPSA) is 70.1 Å². The number of esters is 1. The highest BCUT2D eigenvalue weighted by molar-refractivity contribution is 5.94. The van der Waals surface area contributed by atoms with Gasteiger partial charge < -0.3 is 15.0 Å². The van der Waals surface area contributed by atoms with Crippen LogP contribution < -0.4 is 5.73 Å². The van der Waals surface area contributed by atoms with Gasteiger partial charge >= 0.3 is 18.3 Å². The van der Waals surface area contributed by atoms with Gasteiger partial charge in [0.1, 0.15) is 0 Å². The van der Waals surface area contributed by atoms with Crippen LogP contribution in [-0.2, 0) is 23.6 Å². The Morgan fingerprint density at radius 2 is 1.76 bits per heavy atom. The number of hydrogen-bond donors (Lipinski definition) is 1. The van der Waals surface area contributed by atoms with E-state index in [1.807, 2.05) is 0 Å². The normalized spacial score (nSPS) is 12.4. The second kappa shape index (κ2) is 6.98. The molecule has 2 aromatic carbocycles. The van der Waals surface area contributed by atoms with Gasteiger partial charge in [0.05, 0.1) is 41.4 Å². The summed E-state index contributed by atoms with van der Waals surface area (Å²) in [4.78, 5) is 15.7. The van der Waals surface area contributed by atoms with E-state index in [2.05, 4.69) is 9.72 Å². The standard InChI is InChI=1S/C18H13F6N3O2/c1-29-15(28)9-3-5-13-14(6-9)27(16(25)26-13)8-10-2-4-11(17(19,20)21)7-12(10)18(22,23)24/h2-7H,8H2,1H3,(H2,25,26). The lowest BCUT2D eigenvalue weighted by Gasteiger charge is -2.17. The average molecular weight is 417 g/mol. The molecular weight excluding hydrogens is 404 g/mol. The van der Waals surface area contributed by atoms with Crippen LogP contribution in [0.4, 0.5) is 32.3 Å². The van der Waals surface area contributed by atoms with E-state index in [-0.39, 0.29) is 23.1 Å². The molecule has 0 bridgehead atoms. The number of carbonyl (C=O) groups excluding carboxylic acids is 1. The van der Waals surface area contributed by atoms with Gasteiger partial charge in [-0.05, 0) is 35.9 Å². The predicted octanol–water partition coefficient (Wildman–Crippen LogP) is 4.49. The minimum Gasteiger partial charge on any atom is -0.465 e. The molecule has 0 unspecified atom stereocenters. The van der Waals surface area contributed by atoms with Crippen LogP contribution in [0.15, 0.2) is 36.4 Å². The molecule has 1 aromatic heterocycles. The number of ether oxygens (including phenoxy) is 1. The molecule has 0 atom stereocenters. The summed E-state index contributed by atoms with van der Waals surface area (Å²) in [5.74, 6) is -0.834. The Labute approximate surface area is 159 Å². The number of aromatic nitrogens is 2. The zero-order valence-electron chi connectivity index (χ0n) is 14.7. The van der Waals surface area contributed by atoms with Gasteiger partial charge in [0.15, 0.2) is 0 Å². The van der Waals surface area contributed by atoms with Gasteiger partial charge in [0.25, 0.3) is 0 Å². The summed E-state index contributed by atoms with van der Waals surface area (Å²) in [5, 5.41) is 0. The van der Waals surface area contributed by atoms with Gasteiger partial charge in [0, 0.05) is 0 Å². The van der Waals surface area contributed by atoms with Crippen molar-refractivity contribution in [1.82, 2.24) is 9.55 Å². The summed E-state index contributed by atoms with van der Waals surface area (Å²) in [7, 11) is 1.16. The number of anilines is 1. The number of nitrogens with zero attached hydrogens (tertiary/aromatic N) is 2. The zero-order valence-corrected chi connectivity index (χ0v) is 14.7. The first-order chi connectivity index (χ1) is 13.4. The van der Waals surface area contributed by atoms with Crippen LogP contribution in [-0.4, -0.2) is 22.6 Å². The lowest BCUT2D eigenvalue weighted by atomic mass is 10.0. The lowest BCUT2D eigenvalue weighted by Crippen LogP contribution is -2.15. The molecule has 29 heavy (non-hydrogen) atoms. The molecule has 3 aromatic rings. The second-order valence-corrected chi connectivity index (χ2v) is 6.12. The fraction of sp³-hybridized carbons (Fsp3) is 0.222. The van der Waals surface area contributed by atoms with E-state index >= 15 is 0 Å². The Balaban J connectivity index is 2.13. The Hall–Kier alpha value is -3.24. The van der Waals surface area contributed by atoms with Gasteiger partial charge in [-0.2, -0.15) is 26.3 Å². The Kier molecular flexibility index (Phi) is 4.93. The van der Waals surface area contributed by atoms with Gasteiger partial charge in [-0.1, -0.05) is 6.07 Å². The van der Waals surface area contributed by atoms with Gasteiger partial charge in [0.2, 0.25) is 5.95 Å². The van der Waals surface area contributed by atoms with E-state index in [1.165, 1.54) is 22.8 Å². The van der Waals surface area contributed by atoms with Gasteiger partial charge in [-0.15, -0.1) is 0 Å². The highest BCUT2D eigenvalue weighted by Gasteiger charge is 2.38. The lowest BCUT2D eigenvalue weighted by molar-refractivity contribution is -0.143. The van der Waals surface area contributed by atoms with Crippen molar-refractivity contribution in [3.63, 3.8) is 0 Å². The number of nitrogen functional groups attached to an aromatic ring is 1. The molecule has 3 rings (SSSR count). The number of carbonyl (C=O) groups is 1. The average Bonchev–Trinajstić information content (AvgIpc) is 2.94. The van der Waals surface area contributed by atoms with Gasteiger partial charge in [-0.3, -0.25) is 0 Å². The van der Waals surface area contributed by atoms with Crippen LogP contribution in [0.3, 0.4) is 0 Å². The first kappa shape index (κ1) is 20.5. The SMILES string of the molecule is COC(=O)c1ccc2nc(N)n(Cc3ccc(C(F)(F)F)cc3C(F)(F)F)c2c1. The first-order valence-electron chi connectivity index (χ1n) is 8.03. The summed E-state index contributed by atoms with van der Waals surface area (Å²) in [6.45, 7) is -0.500. The third-order valence-corrected chi connectivity index (χ3v) is 4.27. The molecule has 0 radical (unpaired) electrons. The number of halogens is 6. The smallest absolute Gasteiger partial charge is 0.416 e. The van der Waals surface area contributed by atoms with Crippen LogP contribution >= 0.6 is 0 Å². The van der Waals surface area contributed by atoms with E-state index in [1.54, 1.807) is 0 Å². The molecule has 0 aliphatic heterocycles. The van der Waals surface area contributed by atoms with Crippen molar-refractivity contribution in [2.75, 3.05) is 12.8 Å². The molecule has 0 aliphatic carbocycles. The molecule has 1 heterocycles. The van der Waals surface area contributed by atoms with Crippen LogP contribution in [0.5, 0.6) is 0 Å². The number of nitrogens with two attached hydrogens (primary N) is 1. The number of methoxy groups -OCH3 is 1. The second-order valence-electron chi connectivity index (χ2n) is 6.12. The predicted molar refractivity (Wildman–Crippen MR) is 91.0 cm³/mol. The third kappa shape index (κ3) is 3.98. The summed E-state index contributed by atoms with van der Waals surface area (Å²) >= 11 is 0. The number of benzene rings is 2. The third-order valence-electron chi connectivity index (χ3n) is 4.27. The van der Waals surface area contributed by atoms with Crippen LogP contribution in [0.2, 0.25) is 0 Å². The molecule has 0 fully saturated rings. The number of fused-ring (bicyclic) bond motifs is 1. The molecule has 0 aliphatic rings. The van der Waals surface area contributed by atoms with Gasteiger partial charge in [-0.25, -0.2) is 9.78 Å². The Morgan fingerprint density at radius 3 is 2.34 bits per heavy atom. The highest BCUT2D eigenvalue weighted by atomic mass is 19.4. The summed E-state index contributed by atoms with van der Waals surface area (Å²) in [6.07, 6.45) is -9.94. The van der Waals surface area contributed by atoms with Crippen LogP contribution in [0.25, 0.3) is 11.0 Å². The molecule has 2 N–H and O–H groups in total. The maximum atomic E-state index is 13.4. The molecule has 0 spiro atoms. The van der Waals surface area contributed by atoms with Crippen molar-refractivity contribution >= 4 is 23.0 Å². The summed E-state index contributed by atoms with van der Waals surface area (Å²) in [5.41, 5.74) is 3.17. The number of rotatable bonds is 3. The molecule has 0 saturated heterocycles. The molecular formula is C18H13F6N3O2. The van der Waals surface area contributed by atoms with Crippen molar-refractivity contribution < 1.29 is 35.9 Å². The number of hydrogen-bond acceptors (Lipinski definition) is 4. The summed E-state index contributed by atoms with van der Waals surface area (Å²) in [6, 6.07) is 5.56. The maximum absolute atomic E-state index is 13.4. The first-order valence-corrected chi connectivity index (χ1v) is 8.03. The molecule has 0 saturated carbocycles. The van der Waals surface area contributed by atoms with Crippen molar-refractivity contribution in [3.05, 3.63) is 58.7 Å². The van der Waals surface area contributed by atoms with E-state index in [0.29, 0.717) is 11.6 Å². The van der Waals surface area contributed by atoms with Crippen molar-refractivity contribution in [2.24, 2.45) is 0 Å². The monoisotopic (exact) mass is 417 g/mol. The van der Waals surface area contributed by atoms with Crippen LogP contribution in [0, 0.1) is 0 Å². The molecule has 154 valence electrons. The maximum Gasteiger partial charge on any atom is 0.416 e. The molecule has 5 nitrogen and oxygen atoms in total. The largest absolute Gasteiger partial charge is 0.465 e. The quantitative estimate of drug-likeness (QED) is 0.504. The minimum absolute atomic E-state index is 0.0600.